The predicted octanol–water partition coefficient (Wildman–Crippen LogP) is 3.99. The highest BCUT2D eigenvalue weighted by Crippen LogP contribution is 2.37. The Morgan fingerprint density at radius 2 is 1.96 bits per heavy atom. The molecular formula is C19H20N2O2S3. The Morgan fingerprint density at radius 3 is 2.58 bits per heavy atom. The molecule has 1 aromatic carbocycles. The van der Waals surface area contributed by atoms with Crippen molar-refractivity contribution in [2.75, 3.05) is 0 Å². The average molecular weight is 405 g/mol. The summed E-state index contributed by atoms with van der Waals surface area (Å²) in [5, 5.41) is 4.89. The molecule has 2 amide bonds. The smallest absolute Gasteiger partial charge is 0.252 e. The summed E-state index contributed by atoms with van der Waals surface area (Å²) in [5.41, 5.74) is 1.63. The Labute approximate surface area is 167 Å². The molecule has 1 saturated heterocycles. The monoisotopic (exact) mass is 404 g/mol. The number of carbonyl (C=O) groups excluding carboxylic acids is 2. The van der Waals surface area contributed by atoms with Crippen molar-refractivity contribution in [3.8, 4) is 0 Å². The van der Waals surface area contributed by atoms with Gasteiger partial charge >= 0.3 is 0 Å². The van der Waals surface area contributed by atoms with Crippen LogP contribution in [0, 0.1) is 6.92 Å². The Morgan fingerprint density at radius 1 is 1.27 bits per heavy atom. The Hall–Kier alpha value is -1.70. The van der Waals surface area contributed by atoms with E-state index < -0.39 is 10.8 Å². The number of benzene rings is 1. The van der Waals surface area contributed by atoms with Gasteiger partial charge < -0.3 is 5.32 Å². The molecule has 3 rings (SSSR count). The number of hydrogen-bond acceptors (Lipinski definition) is 5. The second kappa shape index (κ2) is 7.50. The van der Waals surface area contributed by atoms with Gasteiger partial charge in [-0.3, -0.25) is 14.5 Å². The van der Waals surface area contributed by atoms with Gasteiger partial charge in [0.15, 0.2) is 0 Å². The number of thiophene rings is 1. The fourth-order valence-electron chi connectivity index (χ4n) is 2.74. The van der Waals surface area contributed by atoms with Crippen molar-refractivity contribution in [2.45, 2.75) is 38.1 Å². The molecule has 1 unspecified atom stereocenters. The first-order valence-corrected chi connectivity index (χ1v) is 10.3. The Bertz CT molecular complexity index is 829. The molecule has 1 aromatic heterocycles. The van der Waals surface area contributed by atoms with Crippen LogP contribution in [0.2, 0.25) is 0 Å². The van der Waals surface area contributed by atoms with Crippen LogP contribution in [0.25, 0.3) is 0 Å². The van der Waals surface area contributed by atoms with Gasteiger partial charge in [0.05, 0.1) is 6.54 Å². The maximum atomic E-state index is 13.1. The van der Waals surface area contributed by atoms with Crippen molar-refractivity contribution in [3.63, 3.8) is 0 Å². The third kappa shape index (κ3) is 4.00. The SMILES string of the molecule is Cc1ccc(C(=O)NC2C(=O)N(Cc3cccs3)C(=S)SC2(C)C)cc1. The fourth-order valence-corrected chi connectivity index (χ4v) is 5.22. The van der Waals surface area contributed by atoms with Crippen LogP contribution in [0.15, 0.2) is 41.8 Å². The second-order valence-corrected chi connectivity index (χ2v) is 10.1. The third-order valence-electron chi connectivity index (χ3n) is 4.26. The van der Waals surface area contributed by atoms with Crippen LogP contribution in [0.4, 0.5) is 0 Å². The molecular weight excluding hydrogens is 384 g/mol. The van der Waals surface area contributed by atoms with E-state index in [1.54, 1.807) is 28.4 Å². The Balaban J connectivity index is 1.81. The standard InChI is InChI=1S/C19H20N2O2S3/c1-12-6-8-13(9-7-12)16(22)20-15-17(23)21(11-14-5-4-10-25-14)18(24)26-19(15,2)3/h4-10,15H,11H2,1-3H3,(H,20,22). The molecule has 1 aliphatic heterocycles. The molecule has 7 heteroatoms. The van der Waals surface area contributed by atoms with E-state index >= 15 is 0 Å². The molecule has 0 radical (unpaired) electrons. The first-order chi connectivity index (χ1) is 12.3. The van der Waals surface area contributed by atoms with Crippen LogP contribution in [-0.2, 0) is 11.3 Å². The van der Waals surface area contributed by atoms with Gasteiger partial charge in [0.2, 0.25) is 0 Å². The molecule has 0 bridgehead atoms. The van der Waals surface area contributed by atoms with Crippen molar-refractivity contribution < 1.29 is 9.59 Å². The lowest BCUT2D eigenvalue weighted by atomic mass is 10.0. The van der Waals surface area contributed by atoms with E-state index in [9.17, 15) is 9.59 Å². The van der Waals surface area contributed by atoms with Crippen molar-refractivity contribution in [3.05, 3.63) is 57.8 Å². The van der Waals surface area contributed by atoms with E-state index in [1.165, 1.54) is 11.8 Å². The summed E-state index contributed by atoms with van der Waals surface area (Å²) >= 11 is 8.50. The van der Waals surface area contributed by atoms with E-state index in [0.29, 0.717) is 16.4 Å². The number of nitrogens with zero attached hydrogens (tertiary/aromatic N) is 1. The summed E-state index contributed by atoms with van der Waals surface area (Å²) in [5.74, 6) is -0.409. The summed E-state index contributed by atoms with van der Waals surface area (Å²) in [6.07, 6.45) is 0. The minimum absolute atomic E-state index is 0.160. The van der Waals surface area contributed by atoms with E-state index in [-0.39, 0.29) is 11.8 Å². The lowest BCUT2D eigenvalue weighted by Gasteiger charge is -2.42. The summed E-state index contributed by atoms with van der Waals surface area (Å²) in [6.45, 7) is 6.28. The molecule has 0 spiro atoms. The lowest BCUT2D eigenvalue weighted by molar-refractivity contribution is -0.130. The van der Waals surface area contributed by atoms with E-state index in [0.717, 1.165) is 10.4 Å². The minimum atomic E-state index is -0.645. The van der Waals surface area contributed by atoms with Gasteiger partial charge in [-0.25, -0.2) is 0 Å². The molecule has 136 valence electrons. The average Bonchev–Trinajstić information content (AvgIpc) is 3.09. The maximum absolute atomic E-state index is 13.1. The van der Waals surface area contributed by atoms with Gasteiger partial charge in [0.1, 0.15) is 10.4 Å². The Kier molecular flexibility index (Phi) is 5.50. The summed E-state index contributed by atoms with van der Waals surface area (Å²) in [4.78, 5) is 28.4. The molecule has 1 fully saturated rings. The van der Waals surface area contributed by atoms with Crippen LogP contribution in [-0.4, -0.2) is 31.8 Å². The zero-order valence-corrected chi connectivity index (χ0v) is 17.3. The summed E-state index contributed by atoms with van der Waals surface area (Å²) in [7, 11) is 0. The molecule has 1 atom stereocenters. The summed E-state index contributed by atoms with van der Waals surface area (Å²) < 4.78 is 0.0368. The number of carbonyl (C=O) groups is 2. The number of hydrogen-bond donors (Lipinski definition) is 1. The van der Waals surface area contributed by atoms with Crippen LogP contribution in [0.1, 0.15) is 34.6 Å². The number of amides is 2. The molecule has 2 heterocycles. The van der Waals surface area contributed by atoms with Crippen LogP contribution in [0.5, 0.6) is 0 Å². The molecule has 2 aromatic rings. The maximum Gasteiger partial charge on any atom is 0.252 e. The number of nitrogens with one attached hydrogen (secondary N) is 1. The molecule has 0 saturated carbocycles. The molecule has 26 heavy (non-hydrogen) atoms. The van der Waals surface area contributed by atoms with Gasteiger partial charge in [-0.05, 0) is 44.4 Å². The van der Waals surface area contributed by atoms with Gasteiger partial charge in [-0.15, -0.1) is 11.3 Å². The zero-order valence-electron chi connectivity index (χ0n) is 14.8. The van der Waals surface area contributed by atoms with E-state index in [1.807, 2.05) is 50.4 Å². The second-order valence-electron chi connectivity index (χ2n) is 6.75. The fraction of sp³-hybridized carbons (Fsp3) is 0.316. The highest BCUT2D eigenvalue weighted by molar-refractivity contribution is 8.24. The topological polar surface area (TPSA) is 49.4 Å². The van der Waals surface area contributed by atoms with Gasteiger partial charge in [0, 0.05) is 15.2 Å². The zero-order chi connectivity index (χ0) is 18.9. The first kappa shape index (κ1) is 19.1. The number of thioether (sulfide) groups is 1. The van der Waals surface area contributed by atoms with Crippen molar-refractivity contribution in [1.82, 2.24) is 10.2 Å². The lowest BCUT2D eigenvalue weighted by Crippen LogP contribution is -2.61. The van der Waals surface area contributed by atoms with E-state index in [4.69, 9.17) is 12.2 Å². The van der Waals surface area contributed by atoms with Crippen molar-refractivity contribution in [1.29, 1.82) is 0 Å². The molecule has 0 aliphatic carbocycles. The van der Waals surface area contributed by atoms with Crippen LogP contribution in [0.3, 0.4) is 0 Å². The quantitative estimate of drug-likeness (QED) is 0.783. The predicted molar refractivity (Wildman–Crippen MR) is 112 cm³/mol. The first-order valence-electron chi connectivity index (χ1n) is 8.22. The minimum Gasteiger partial charge on any atom is -0.339 e. The summed E-state index contributed by atoms with van der Waals surface area (Å²) in [6, 6.07) is 10.6. The van der Waals surface area contributed by atoms with Gasteiger partial charge in [-0.1, -0.05) is 47.7 Å². The van der Waals surface area contributed by atoms with Gasteiger partial charge in [-0.2, -0.15) is 0 Å². The molecule has 1 N–H and O–H groups in total. The van der Waals surface area contributed by atoms with Crippen LogP contribution >= 0.6 is 35.3 Å². The number of thiocarbonyl (C=S) groups is 1. The third-order valence-corrected chi connectivity index (χ3v) is 6.75. The normalized spacial score (nSPS) is 19.5. The largest absolute Gasteiger partial charge is 0.339 e. The molecule has 1 aliphatic rings. The molecule has 4 nitrogen and oxygen atoms in total. The number of aryl methyl sites for hydroxylation is 1. The van der Waals surface area contributed by atoms with Crippen molar-refractivity contribution >= 4 is 51.5 Å². The van der Waals surface area contributed by atoms with Crippen LogP contribution < -0.4 is 5.32 Å². The highest BCUT2D eigenvalue weighted by atomic mass is 32.2. The van der Waals surface area contributed by atoms with Crippen molar-refractivity contribution in [2.24, 2.45) is 0 Å². The van der Waals surface area contributed by atoms with E-state index in [2.05, 4.69) is 5.32 Å². The number of rotatable bonds is 4. The van der Waals surface area contributed by atoms with Gasteiger partial charge in [0.25, 0.3) is 11.8 Å². The highest BCUT2D eigenvalue weighted by Gasteiger charge is 2.46.